The Kier molecular flexibility index (Phi) is 4.60. The summed E-state index contributed by atoms with van der Waals surface area (Å²) in [5, 5.41) is 3.49. The molecule has 24 heavy (non-hydrogen) atoms. The standard InChI is InChI=1S/C19H24N4O/c1-2-6-15(7-3-1)19-16(8-11-24-19)13-20-17-12-18(22-14-21-17)23-9-4-5-10-23/h1-3,6-7,12,14,16,19H,4-5,8-11,13H2,(H,20,21,22)/t16-,19-/m0/s1. The van der Waals surface area contributed by atoms with Crippen LogP contribution in [0.3, 0.4) is 0 Å². The monoisotopic (exact) mass is 324 g/mol. The zero-order valence-corrected chi connectivity index (χ0v) is 13.9. The normalized spacial score (nSPS) is 23.6. The first-order valence-electron chi connectivity index (χ1n) is 8.87. The van der Waals surface area contributed by atoms with Crippen molar-refractivity contribution >= 4 is 11.6 Å². The van der Waals surface area contributed by atoms with Gasteiger partial charge in [-0.1, -0.05) is 30.3 Å². The van der Waals surface area contributed by atoms with E-state index in [0.29, 0.717) is 5.92 Å². The number of nitrogens with zero attached hydrogens (tertiary/aromatic N) is 3. The molecule has 5 nitrogen and oxygen atoms in total. The van der Waals surface area contributed by atoms with Gasteiger partial charge in [-0.05, 0) is 24.8 Å². The molecule has 2 atom stereocenters. The Hall–Kier alpha value is -2.14. The highest BCUT2D eigenvalue weighted by molar-refractivity contribution is 5.49. The van der Waals surface area contributed by atoms with Gasteiger partial charge in [-0.25, -0.2) is 9.97 Å². The largest absolute Gasteiger partial charge is 0.373 e. The number of hydrogen-bond donors (Lipinski definition) is 1. The minimum absolute atomic E-state index is 0.179. The summed E-state index contributed by atoms with van der Waals surface area (Å²) >= 11 is 0. The molecule has 2 aromatic rings. The van der Waals surface area contributed by atoms with Crippen molar-refractivity contribution in [3.8, 4) is 0 Å². The summed E-state index contributed by atoms with van der Waals surface area (Å²) in [6.45, 7) is 3.90. The molecule has 0 amide bonds. The molecule has 2 aliphatic rings. The number of hydrogen-bond acceptors (Lipinski definition) is 5. The van der Waals surface area contributed by atoms with Crippen molar-refractivity contribution in [2.75, 3.05) is 36.5 Å². The summed E-state index contributed by atoms with van der Waals surface area (Å²) in [6, 6.07) is 12.6. The molecule has 1 aromatic heterocycles. The van der Waals surface area contributed by atoms with Crippen LogP contribution in [0.25, 0.3) is 0 Å². The minimum Gasteiger partial charge on any atom is -0.373 e. The molecule has 1 N–H and O–H groups in total. The van der Waals surface area contributed by atoms with E-state index in [1.165, 1.54) is 18.4 Å². The topological polar surface area (TPSA) is 50.3 Å². The summed E-state index contributed by atoms with van der Waals surface area (Å²) in [7, 11) is 0. The van der Waals surface area contributed by atoms with E-state index in [1.807, 2.05) is 6.07 Å². The highest BCUT2D eigenvalue weighted by Crippen LogP contribution is 2.34. The van der Waals surface area contributed by atoms with E-state index in [-0.39, 0.29) is 6.10 Å². The van der Waals surface area contributed by atoms with Crippen LogP contribution in [-0.4, -0.2) is 36.2 Å². The maximum absolute atomic E-state index is 5.96. The van der Waals surface area contributed by atoms with Crippen molar-refractivity contribution in [3.63, 3.8) is 0 Å². The van der Waals surface area contributed by atoms with Crippen molar-refractivity contribution in [2.24, 2.45) is 5.92 Å². The molecule has 2 saturated heterocycles. The van der Waals surface area contributed by atoms with Gasteiger partial charge in [-0.3, -0.25) is 0 Å². The zero-order valence-electron chi connectivity index (χ0n) is 13.9. The van der Waals surface area contributed by atoms with Gasteiger partial charge < -0.3 is 15.0 Å². The molecule has 2 fully saturated rings. The van der Waals surface area contributed by atoms with Crippen LogP contribution in [0.4, 0.5) is 11.6 Å². The average molecular weight is 324 g/mol. The van der Waals surface area contributed by atoms with Crippen LogP contribution in [0.15, 0.2) is 42.7 Å². The van der Waals surface area contributed by atoms with Crippen LogP contribution < -0.4 is 10.2 Å². The number of anilines is 2. The molecule has 0 saturated carbocycles. The Bertz CT molecular complexity index is 657. The molecule has 3 heterocycles. The Morgan fingerprint density at radius 3 is 2.79 bits per heavy atom. The number of aromatic nitrogens is 2. The lowest BCUT2D eigenvalue weighted by Gasteiger charge is -2.20. The summed E-state index contributed by atoms with van der Waals surface area (Å²) in [6.07, 6.45) is 5.43. The maximum Gasteiger partial charge on any atom is 0.134 e. The van der Waals surface area contributed by atoms with E-state index in [2.05, 4.69) is 50.5 Å². The number of benzene rings is 1. The lowest BCUT2D eigenvalue weighted by Crippen LogP contribution is -2.21. The number of rotatable bonds is 5. The molecule has 2 aliphatic heterocycles. The fraction of sp³-hybridized carbons (Fsp3) is 0.474. The van der Waals surface area contributed by atoms with Gasteiger partial charge >= 0.3 is 0 Å². The first-order valence-corrected chi connectivity index (χ1v) is 8.87. The van der Waals surface area contributed by atoms with Crippen LogP contribution in [0.1, 0.15) is 30.9 Å². The van der Waals surface area contributed by atoms with Crippen molar-refractivity contribution in [1.29, 1.82) is 0 Å². The molecule has 0 radical (unpaired) electrons. The van der Waals surface area contributed by atoms with Crippen molar-refractivity contribution in [1.82, 2.24) is 9.97 Å². The molecule has 0 aliphatic carbocycles. The predicted octanol–water partition coefficient (Wildman–Crippen LogP) is 3.27. The molecule has 4 rings (SSSR count). The van der Waals surface area contributed by atoms with Crippen LogP contribution in [-0.2, 0) is 4.74 Å². The first-order chi connectivity index (χ1) is 11.9. The van der Waals surface area contributed by atoms with Gasteiger partial charge in [0.2, 0.25) is 0 Å². The lowest BCUT2D eigenvalue weighted by molar-refractivity contribution is 0.0933. The second kappa shape index (κ2) is 7.18. The Labute approximate surface area is 143 Å². The van der Waals surface area contributed by atoms with Gasteiger partial charge in [0.25, 0.3) is 0 Å². The lowest BCUT2D eigenvalue weighted by atomic mass is 9.95. The van der Waals surface area contributed by atoms with E-state index in [0.717, 1.165) is 44.3 Å². The first kappa shape index (κ1) is 15.4. The van der Waals surface area contributed by atoms with E-state index >= 15 is 0 Å². The van der Waals surface area contributed by atoms with E-state index < -0.39 is 0 Å². The summed E-state index contributed by atoms with van der Waals surface area (Å²) in [4.78, 5) is 11.1. The Morgan fingerprint density at radius 2 is 1.96 bits per heavy atom. The van der Waals surface area contributed by atoms with Gasteiger partial charge in [0, 0.05) is 38.2 Å². The average Bonchev–Trinajstić information content (AvgIpc) is 3.33. The molecular formula is C19H24N4O. The number of nitrogens with one attached hydrogen (secondary N) is 1. The van der Waals surface area contributed by atoms with E-state index in [9.17, 15) is 0 Å². The van der Waals surface area contributed by atoms with E-state index in [4.69, 9.17) is 4.74 Å². The highest BCUT2D eigenvalue weighted by Gasteiger charge is 2.29. The predicted molar refractivity (Wildman–Crippen MR) is 95.2 cm³/mol. The summed E-state index contributed by atoms with van der Waals surface area (Å²) in [5.41, 5.74) is 1.27. The summed E-state index contributed by atoms with van der Waals surface area (Å²) < 4.78 is 5.96. The molecule has 5 heteroatoms. The highest BCUT2D eigenvalue weighted by atomic mass is 16.5. The molecule has 0 bridgehead atoms. The van der Waals surface area contributed by atoms with E-state index in [1.54, 1.807) is 6.33 Å². The van der Waals surface area contributed by atoms with Crippen LogP contribution >= 0.6 is 0 Å². The maximum atomic E-state index is 5.96. The molecule has 126 valence electrons. The van der Waals surface area contributed by atoms with Crippen molar-refractivity contribution in [3.05, 3.63) is 48.3 Å². The second-order valence-electron chi connectivity index (χ2n) is 6.59. The van der Waals surface area contributed by atoms with Gasteiger partial charge in [-0.2, -0.15) is 0 Å². The van der Waals surface area contributed by atoms with Gasteiger partial charge in [-0.15, -0.1) is 0 Å². The van der Waals surface area contributed by atoms with Crippen molar-refractivity contribution < 1.29 is 4.74 Å². The fourth-order valence-corrected chi connectivity index (χ4v) is 3.65. The molecule has 1 aromatic carbocycles. The summed E-state index contributed by atoms with van der Waals surface area (Å²) in [5.74, 6) is 2.41. The van der Waals surface area contributed by atoms with Crippen LogP contribution in [0.5, 0.6) is 0 Å². The zero-order chi connectivity index (χ0) is 16.2. The third-order valence-corrected chi connectivity index (χ3v) is 4.97. The quantitative estimate of drug-likeness (QED) is 0.915. The third-order valence-electron chi connectivity index (χ3n) is 4.97. The van der Waals surface area contributed by atoms with Gasteiger partial charge in [0.1, 0.15) is 18.0 Å². The SMILES string of the molecule is c1ccc([C@@H]2OCC[C@H]2CNc2cc(N3CCCC3)ncn2)cc1. The van der Waals surface area contributed by atoms with Gasteiger partial charge in [0.05, 0.1) is 6.10 Å². The van der Waals surface area contributed by atoms with Crippen LogP contribution in [0.2, 0.25) is 0 Å². The number of ether oxygens (including phenoxy) is 1. The Morgan fingerprint density at radius 1 is 1.12 bits per heavy atom. The smallest absolute Gasteiger partial charge is 0.134 e. The van der Waals surface area contributed by atoms with Crippen LogP contribution in [0, 0.1) is 5.92 Å². The molecule has 0 spiro atoms. The van der Waals surface area contributed by atoms with Crippen molar-refractivity contribution in [2.45, 2.75) is 25.4 Å². The van der Waals surface area contributed by atoms with Gasteiger partial charge in [0.15, 0.2) is 0 Å². The Balaban J connectivity index is 1.40. The minimum atomic E-state index is 0.179. The third kappa shape index (κ3) is 3.36. The second-order valence-corrected chi connectivity index (χ2v) is 6.59. The molecule has 0 unspecified atom stereocenters. The fourth-order valence-electron chi connectivity index (χ4n) is 3.65. The molecular weight excluding hydrogens is 300 g/mol.